The van der Waals surface area contributed by atoms with Gasteiger partial charge in [0.1, 0.15) is 5.75 Å². The summed E-state index contributed by atoms with van der Waals surface area (Å²) in [6.45, 7) is 5.73. The van der Waals surface area contributed by atoms with Crippen molar-refractivity contribution in [3.05, 3.63) is 64.0 Å². The number of ether oxygens (including phenoxy) is 1. The number of nitrogens with one attached hydrogen (secondary N) is 1. The summed E-state index contributed by atoms with van der Waals surface area (Å²) in [7, 11) is 0. The Morgan fingerprint density at radius 2 is 2.07 bits per heavy atom. The molecule has 28 heavy (non-hydrogen) atoms. The van der Waals surface area contributed by atoms with E-state index in [0.717, 1.165) is 15.6 Å². The van der Waals surface area contributed by atoms with Gasteiger partial charge in [-0.25, -0.2) is 0 Å². The first-order valence-corrected chi connectivity index (χ1v) is 10.1. The van der Waals surface area contributed by atoms with Crippen LogP contribution in [0.25, 0.3) is 10.9 Å². The standard InChI is InChI=1S/C21H21BrClN3O2/c1-4-17(20(27)26-21(2,3)18-7-5-6-8-24-18)28-15-10-13-9-14(22)12-25-19(13)16(23)11-15/h5-12,17H,4H2,1-3H3,(H,26,27)/t17-/m0/s1. The minimum Gasteiger partial charge on any atom is -0.481 e. The lowest BCUT2D eigenvalue weighted by Crippen LogP contribution is -2.47. The number of pyridine rings is 2. The number of amides is 1. The second-order valence-electron chi connectivity index (χ2n) is 6.97. The van der Waals surface area contributed by atoms with Gasteiger partial charge in [-0.1, -0.05) is 24.6 Å². The Labute approximate surface area is 177 Å². The number of fused-ring (bicyclic) bond motifs is 1. The minimum atomic E-state index is -0.656. The first-order valence-electron chi connectivity index (χ1n) is 8.95. The SMILES string of the molecule is CC[C@H](Oc1cc(Cl)c2ncc(Br)cc2c1)C(=O)NC(C)(C)c1ccccn1. The maximum absolute atomic E-state index is 12.9. The lowest BCUT2D eigenvalue weighted by molar-refractivity contribution is -0.130. The predicted octanol–water partition coefficient (Wildman–Crippen LogP) is 5.25. The summed E-state index contributed by atoms with van der Waals surface area (Å²) in [4.78, 5) is 21.5. The van der Waals surface area contributed by atoms with Gasteiger partial charge in [-0.15, -0.1) is 0 Å². The lowest BCUT2D eigenvalue weighted by Gasteiger charge is -2.28. The molecular formula is C21H21BrClN3O2. The molecule has 0 aliphatic rings. The molecule has 0 spiro atoms. The normalized spacial score (nSPS) is 12.6. The first-order chi connectivity index (χ1) is 13.3. The summed E-state index contributed by atoms with van der Waals surface area (Å²) in [6, 6.07) is 11.1. The van der Waals surface area contributed by atoms with E-state index in [4.69, 9.17) is 16.3 Å². The molecule has 0 fully saturated rings. The molecule has 0 aliphatic carbocycles. The van der Waals surface area contributed by atoms with E-state index in [1.54, 1.807) is 18.5 Å². The average Bonchev–Trinajstić information content (AvgIpc) is 2.66. The molecule has 2 aromatic heterocycles. The summed E-state index contributed by atoms with van der Waals surface area (Å²) in [5, 5.41) is 4.34. The molecule has 2 heterocycles. The van der Waals surface area contributed by atoms with Gasteiger partial charge in [0.25, 0.3) is 5.91 Å². The van der Waals surface area contributed by atoms with Crippen molar-refractivity contribution in [2.45, 2.75) is 38.8 Å². The number of carbonyl (C=O) groups excluding carboxylic acids is 1. The zero-order chi connectivity index (χ0) is 20.3. The molecule has 1 N–H and O–H groups in total. The Kier molecular flexibility index (Phi) is 6.20. The van der Waals surface area contributed by atoms with Crippen molar-refractivity contribution in [1.82, 2.24) is 15.3 Å². The van der Waals surface area contributed by atoms with Crippen molar-refractivity contribution < 1.29 is 9.53 Å². The van der Waals surface area contributed by atoms with E-state index < -0.39 is 11.6 Å². The van der Waals surface area contributed by atoms with Gasteiger partial charge in [0, 0.05) is 28.3 Å². The van der Waals surface area contributed by atoms with Crippen LogP contribution in [-0.4, -0.2) is 22.0 Å². The van der Waals surface area contributed by atoms with E-state index in [0.29, 0.717) is 22.7 Å². The van der Waals surface area contributed by atoms with Crippen LogP contribution in [0.1, 0.15) is 32.9 Å². The third-order valence-corrected chi connectivity index (χ3v) is 5.08. The molecule has 0 radical (unpaired) electrons. The van der Waals surface area contributed by atoms with Gasteiger partial charge in [-0.3, -0.25) is 14.8 Å². The van der Waals surface area contributed by atoms with Gasteiger partial charge in [0.2, 0.25) is 0 Å². The summed E-state index contributed by atoms with van der Waals surface area (Å²) < 4.78 is 6.82. The van der Waals surface area contributed by atoms with Crippen LogP contribution in [0, 0.1) is 0 Å². The molecule has 1 aromatic carbocycles. The topological polar surface area (TPSA) is 64.1 Å². The van der Waals surface area contributed by atoms with Crippen molar-refractivity contribution in [3.63, 3.8) is 0 Å². The number of carbonyl (C=O) groups is 1. The number of halogens is 2. The zero-order valence-corrected chi connectivity index (χ0v) is 18.2. The molecular weight excluding hydrogens is 442 g/mol. The maximum Gasteiger partial charge on any atom is 0.261 e. The van der Waals surface area contributed by atoms with Crippen LogP contribution in [0.3, 0.4) is 0 Å². The second kappa shape index (κ2) is 8.45. The highest BCUT2D eigenvalue weighted by atomic mass is 79.9. The van der Waals surface area contributed by atoms with Crippen molar-refractivity contribution in [2.75, 3.05) is 0 Å². The van der Waals surface area contributed by atoms with Crippen molar-refractivity contribution >= 4 is 44.3 Å². The number of benzene rings is 1. The van der Waals surface area contributed by atoms with Crippen molar-refractivity contribution in [1.29, 1.82) is 0 Å². The van der Waals surface area contributed by atoms with Crippen molar-refractivity contribution in [3.8, 4) is 5.75 Å². The van der Waals surface area contributed by atoms with Gasteiger partial charge in [-0.05, 0) is 60.5 Å². The average molecular weight is 463 g/mol. The number of rotatable bonds is 6. The monoisotopic (exact) mass is 461 g/mol. The van der Waals surface area contributed by atoms with Crippen molar-refractivity contribution in [2.24, 2.45) is 0 Å². The fourth-order valence-electron chi connectivity index (χ4n) is 2.89. The molecule has 0 bridgehead atoms. The highest BCUT2D eigenvalue weighted by Gasteiger charge is 2.28. The van der Waals surface area contributed by atoms with Crippen LogP contribution in [-0.2, 0) is 10.3 Å². The van der Waals surface area contributed by atoms with E-state index in [-0.39, 0.29) is 5.91 Å². The van der Waals surface area contributed by atoms with Crippen LogP contribution >= 0.6 is 27.5 Å². The molecule has 0 unspecified atom stereocenters. The fourth-order valence-corrected chi connectivity index (χ4v) is 3.51. The van der Waals surface area contributed by atoms with Gasteiger partial charge in [0.15, 0.2) is 6.10 Å². The van der Waals surface area contributed by atoms with E-state index in [2.05, 4.69) is 31.2 Å². The molecule has 0 saturated heterocycles. The van der Waals surface area contributed by atoms with Gasteiger partial charge < -0.3 is 10.1 Å². The van der Waals surface area contributed by atoms with Gasteiger partial charge in [0.05, 0.1) is 21.8 Å². The third kappa shape index (κ3) is 4.62. The number of hydrogen-bond acceptors (Lipinski definition) is 4. The molecule has 1 atom stereocenters. The Balaban J connectivity index is 1.80. The molecule has 7 heteroatoms. The second-order valence-corrected chi connectivity index (χ2v) is 8.30. The Morgan fingerprint density at radius 1 is 1.29 bits per heavy atom. The largest absolute Gasteiger partial charge is 0.481 e. The van der Waals surface area contributed by atoms with Gasteiger partial charge in [-0.2, -0.15) is 0 Å². The van der Waals surface area contributed by atoms with Crippen LogP contribution in [0.2, 0.25) is 5.02 Å². The van der Waals surface area contributed by atoms with E-state index in [9.17, 15) is 4.79 Å². The fraction of sp³-hybridized carbons (Fsp3) is 0.286. The molecule has 1 amide bonds. The molecule has 0 aliphatic heterocycles. The minimum absolute atomic E-state index is 0.207. The Hall–Kier alpha value is -2.18. The quantitative estimate of drug-likeness (QED) is 0.543. The summed E-state index contributed by atoms with van der Waals surface area (Å²) in [6.07, 6.45) is 3.25. The van der Waals surface area contributed by atoms with E-state index >= 15 is 0 Å². The first kappa shape index (κ1) is 20.6. The molecule has 3 rings (SSSR count). The molecule has 3 aromatic rings. The zero-order valence-electron chi connectivity index (χ0n) is 15.9. The van der Waals surface area contributed by atoms with Gasteiger partial charge >= 0.3 is 0 Å². The third-order valence-electron chi connectivity index (χ3n) is 4.36. The Morgan fingerprint density at radius 3 is 2.75 bits per heavy atom. The number of nitrogens with zero attached hydrogens (tertiary/aromatic N) is 2. The van der Waals surface area contributed by atoms with Crippen LogP contribution < -0.4 is 10.1 Å². The predicted molar refractivity (Wildman–Crippen MR) is 115 cm³/mol. The summed E-state index contributed by atoms with van der Waals surface area (Å²) in [5.41, 5.74) is 0.846. The molecule has 0 saturated carbocycles. The summed E-state index contributed by atoms with van der Waals surface area (Å²) >= 11 is 9.75. The van der Waals surface area contributed by atoms with Crippen LogP contribution in [0.15, 0.2) is 53.3 Å². The van der Waals surface area contributed by atoms with Crippen LogP contribution in [0.4, 0.5) is 0 Å². The smallest absolute Gasteiger partial charge is 0.261 e. The number of hydrogen-bond donors (Lipinski definition) is 1. The van der Waals surface area contributed by atoms with E-state index in [1.807, 2.05) is 51.1 Å². The highest BCUT2D eigenvalue weighted by molar-refractivity contribution is 9.10. The molecule has 5 nitrogen and oxygen atoms in total. The van der Waals surface area contributed by atoms with E-state index in [1.165, 1.54) is 0 Å². The Bertz CT molecular complexity index is 996. The van der Waals surface area contributed by atoms with Crippen LogP contribution in [0.5, 0.6) is 5.75 Å². The number of aromatic nitrogens is 2. The highest BCUT2D eigenvalue weighted by Crippen LogP contribution is 2.30. The molecule has 146 valence electrons. The lowest BCUT2D eigenvalue weighted by atomic mass is 9.99. The maximum atomic E-state index is 12.9. The summed E-state index contributed by atoms with van der Waals surface area (Å²) in [5.74, 6) is 0.316.